The third-order valence-corrected chi connectivity index (χ3v) is 4.45. The first-order valence-electron chi connectivity index (χ1n) is 5.53. The molecule has 0 aromatic heterocycles. The summed E-state index contributed by atoms with van der Waals surface area (Å²) in [5.41, 5.74) is 5.01. The van der Waals surface area contributed by atoms with Crippen molar-refractivity contribution < 1.29 is 19.9 Å². The van der Waals surface area contributed by atoms with E-state index in [0.29, 0.717) is 0 Å². The first-order chi connectivity index (χ1) is 9.62. The molecule has 0 saturated carbocycles. The molecule has 0 aliphatic carbocycles. The second-order valence-electron chi connectivity index (χ2n) is 4.19. The summed E-state index contributed by atoms with van der Waals surface area (Å²) in [7, 11) is 0. The van der Waals surface area contributed by atoms with Gasteiger partial charge in [-0.25, -0.2) is 0 Å². The summed E-state index contributed by atoms with van der Waals surface area (Å²) in [6.07, 6.45) is -1.45. The predicted octanol–water partition coefficient (Wildman–Crippen LogP) is 1.66. The number of hydrogen-bond acceptors (Lipinski definition) is 5. The lowest BCUT2D eigenvalue weighted by Crippen LogP contribution is -2.44. The summed E-state index contributed by atoms with van der Waals surface area (Å²) < 4.78 is -2.07. The summed E-state index contributed by atoms with van der Waals surface area (Å²) in [6, 6.07) is 3.70. The Morgan fingerprint density at radius 1 is 1.52 bits per heavy atom. The van der Waals surface area contributed by atoms with E-state index in [9.17, 15) is 25.1 Å². The van der Waals surface area contributed by atoms with Crippen molar-refractivity contribution in [2.24, 2.45) is 11.7 Å². The number of hydrogen-bond donors (Lipinski definition) is 3. The molecule has 10 heteroatoms. The van der Waals surface area contributed by atoms with Crippen LogP contribution in [0.1, 0.15) is 11.7 Å². The molecule has 2 unspecified atom stereocenters. The number of nitro benzene ring substituents is 1. The van der Waals surface area contributed by atoms with Crippen LogP contribution in [0.3, 0.4) is 0 Å². The van der Waals surface area contributed by atoms with Crippen LogP contribution in [0.25, 0.3) is 0 Å². The fraction of sp³-hybridized carbons (Fsp3) is 0.364. The zero-order valence-corrected chi connectivity index (χ0v) is 13.5. The molecule has 0 bridgehead atoms. The molecule has 0 heterocycles. The Balaban J connectivity index is 3.17. The standard InChI is InChI=1S/C11H11BrCl2N2O5/c12-7-3-5(1-2-8(7)16(20)21)9(18)6(4-17)11(13,14)10(15)19/h1-3,6,9,17-18H,4H2,(H2,15,19). The molecule has 0 radical (unpaired) electrons. The van der Waals surface area contributed by atoms with E-state index in [1.807, 2.05) is 0 Å². The number of nitrogens with zero attached hydrogens (tertiary/aromatic N) is 1. The molecule has 1 rings (SSSR count). The zero-order valence-electron chi connectivity index (χ0n) is 10.4. The van der Waals surface area contributed by atoms with E-state index in [0.717, 1.165) is 6.07 Å². The van der Waals surface area contributed by atoms with Crippen molar-refractivity contribution in [2.75, 3.05) is 6.61 Å². The number of alkyl halides is 2. The molecule has 0 saturated heterocycles. The van der Waals surface area contributed by atoms with Gasteiger partial charge < -0.3 is 15.9 Å². The number of benzene rings is 1. The Morgan fingerprint density at radius 3 is 2.48 bits per heavy atom. The van der Waals surface area contributed by atoms with Crippen LogP contribution >= 0.6 is 39.1 Å². The van der Waals surface area contributed by atoms with E-state index >= 15 is 0 Å². The summed E-state index contributed by atoms with van der Waals surface area (Å²) >= 11 is 14.5. The number of halogens is 3. The molecule has 21 heavy (non-hydrogen) atoms. The van der Waals surface area contributed by atoms with E-state index in [1.165, 1.54) is 12.1 Å². The lowest BCUT2D eigenvalue weighted by atomic mass is 9.92. The van der Waals surface area contributed by atoms with E-state index in [1.54, 1.807) is 0 Å². The summed E-state index contributed by atoms with van der Waals surface area (Å²) in [4.78, 5) is 21.3. The molecule has 1 aromatic rings. The van der Waals surface area contributed by atoms with Crippen LogP contribution in [0.5, 0.6) is 0 Å². The van der Waals surface area contributed by atoms with Gasteiger partial charge in [-0.2, -0.15) is 0 Å². The van der Waals surface area contributed by atoms with Gasteiger partial charge in [-0.3, -0.25) is 14.9 Å². The average Bonchev–Trinajstić information content (AvgIpc) is 2.38. The number of carbonyl (C=O) groups is 1. The normalized spacial score (nSPS) is 14.5. The zero-order chi connectivity index (χ0) is 16.4. The maximum atomic E-state index is 11.2. The number of nitro groups is 1. The monoisotopic (exact) mass is 400 g/mol. The molecule has 0 aliphatic heterocycles. The number of carbonyl (C=O) groups excluding carboxylic acids is 1. The van der Waals surface area contributed by atoms with Gasteiger partial charge in [0.15, 0.2) is 0 Å². The van der Waals surface area contributed by atoms with Crippen LogP contribution in [-0.2, 0) is 4.79 Å². The molecular formula is C11H11BrCl2N2O5. The lowest BCUT2D eigenvalue weighted by Gasteiger charge is -2.29. The van der Waals surface area contributed by atoms with Gasteiger partial charge in [-0.1, -0.05) is 23.2 Å². The van der Waals surface area contributed by atoms with Crippen molar-refractivity contribution >= 4 is 50.7 Å². The van der Waals surface area contributed by atoms with Gasteiger partial charge in [0.25, 0.3) is 11.6 Å². The van der Waals surface area contributed by atoms with Crippen LogP contribution < -0.4 is 5.73 Å². The topological polar surface area (TPSA) is 127 Å². The third-order valence-electron chi connectivity index (χ3n) is 2.88. The second-order valence-corrected chi connectivity index (χ2v) is 6.43. The SMILES string of the molecule is NC(=O)C(Cl)(Cl)C(CO)C(O)c1ccc([N+](=O)[O-])c(Br)c1. The number of amides is 1. The number of nitrogens with two attached hydrogens (primary N) is 1. The van der Waals surface area contributed by atoms with E-state index in [-0.39, 0.29) is 15.7 Å². The van der Waals surface area contributed by atoms with Gasteiger partial charge in [0, 0.05) is 6.07 Å². The Kier molecular flexibility index (Phi) is 5.94. The number of aliphatic hydroxyl groups excluding tert-OH is 2. The third kappa shape index (κ3) is 3.83. The van der Waals surface area contributed by atoms with E-state index in [2.05, 4.69) is 15.9 Å². The Hall–Kier alpha value is -0.930. The van der Waals surface area contributed by atoms with Crippen LogP contribution in [0.15, 0.2) is 22.7 Å². The van der Waals surface area contributed by atoms with Crippen molar-refractivity contribution in [3.8, 4) is 0 Å². The highest BCUT2D eigenvalue weighted by Crippen LogP contribution is 2.39. The molecule has 0 aliphatic rings. The number of aliphatic hydroxyl groups is 2. The Bertz CT molecular complexity index is 570. The van der Waals surface area contributed by atoms with Crippen molar-refractivity contribution in [1.29, 1.82) is 0 Å². The smallest absolute Gasteiger partial charge is 0.283 e. The summed E-state index contributed by atoms with van der Waals surface area (Å²) in [5.74, 6) is -2.42. The van der Waals surface area contributed by atoms with Crippen molar-refractivity contribution in [3.63, 3.8) is 0 Å². The molecule has 7 nitrogen and oxygen atoms in total. The van der Waals surface area contributed by atoms with Crippen molar-refractivity contribution in [2.45, 2.75) is 10.4 Å². The maximum absolute atomic E-state index is 11.2. The Labute approximate surface area is 137 Å². The predicted molar refractivity (Wildman–Crippen MR) is 80.0 cm³/mol. The van der Waals surface area contributed by atoms with Crippen LogP contribution in [0.2, 0.25) is 0 Å². The molecule has 116 valence electrons. The first kappa shape index (κ1) is 18.1. The van der Waals surface area contributed by atoms with Crippen molar-refractivity contribution in [3.05, 3.63) is 38.3 Å². The highest BCUT2D eigenvalue weighted by Gasteiger charge is 2.45. The maximum Gasteiger partial charge on any atom is 0.283 e. The molecular weight excluding hydrogens is 391 g/mol. The van der Waals surface area contributed by atoms with Crippen LogP contribution in [0, 0.1) is 16.0 Å². The molecule has 1 amide bonds. The fourth-order valence-corrected chi connectivity index (χ4v) is 2.60. The highest BCUT2D eigenvalue weighted by atomic mass is 79.9. The van der Waals surface area contributed by atoms with Gasteiger partial charge in [-0.05, 0) is 33.6 Å². The minimum absolute atomic E-state index is 0.120. The quantitative estimate of drug-likeness (QED) is 0.379. The lowest BCUT2D eigenvalue weighted by molar-refractivity contribution is -0.385. The average molecular weight is 402 g/mol. The number of rotatable bonds is 6. The fourth-order valence-electron chi connectivity index (χ4n) is 1.68. The minimum atomic E-state index is -2.19. The molecule has 0 fully saturated rings. The van der Waals surface area contributed by atoms with Gasteiger partial charge >= 0.3 is 0 Å². The van der Waals surface area contributed by atoms with Gasteiger partial charge in [0.2, 0.25) is 4.33 Å². The minimum Gasteiger partial charge on any atom is -0.396 e. The molecule has 4 N–H and O–H groups in total. The largest absolute Gasteiger partial charge is 0.396 e. The molecule has 0 spiro atoms. The van der Waals surface area contributed by atoms with Crippen molar-refractivity contribution in [1.82, 2.24) is 0 Å². The van der Waals surface area contributed by atoms with Crippen LogP contribution in [-0.4, -0.2) is 32.0 Å². The van der Waals surface area contributed by atoms with Gasteiger partial charge in [0.05, 0.1) is 28.0 Å². The Morgan fingerprint density at radius 2 is 2.10 bits per heavy atom. The van der Waals surface area contributed by atoms with Gasteiger partial charge in [-0.15, -0.1) is 0 Å². The molecule has 2 atom stereocenters. The number of primary amides is 1. The highest BCUT2D eigenvalue weighted by molar-refractivity contribution is 9.10. The van der Waals surface area contributed by atoms with Crippen LogP contribution in [0.4, 0.5) is 5.69 Å². The molecule has 1 aromatic carbocycles. The van der Waals surface area contributed by atoms with Gasteiger partial charge in [0.1, 0.15) is 0 Å². The van der Waals surface area contributed by atoms with E-state index < -0.39 is 33.8 Å². The summed E-state index contributed by atoms with van der Waals surface area (Å²) in [5, 5.41) is 30.2. The van der Waals surface area contributed by atoms with E-state index in [4.69, 9.17) is 28.9 Å². The second kappa shape index (κ2) is 6.89. The summed E-state index contributed by atoms with van der Waals surface area (Å²) in [6.45, 7) is -0.717. The first-order valence-corrected chi connectivity index (χ1v) is 7.08.